The van der Waals surface area contributed by atoms with E-state index >= 15 is 0 Å². The van der Waals surface area contributed by atoms with Gasteiger partial charge in [-0.25, -0.2) is 14.4 Å². The third-order valence-electron chi connectivity index (χ3n) is 4.63. The maximum absolute atomic E-state index is 11.9. The molecule has 0 fully saturated rings. The SMILES string of the molecule is CCCCOC(=O)N(C)CCOc1ccc(C(=O)O)cc1OCCN(C)C(=O)OCCCC. The molecule has 186 valence electrons. The van der Waals surface area contributed by atoms with Crippen molar-refractivity contribution >= 4 is 18.2 Å². The minimum absolute atomic E-state index is 0.0429. The van der Waals surface area contributed by atoms with E-state index in [1.165, 1.54) is 28.0 Å². The molecule has 0 heterocycles. The van der Waals surface area contributed by atoms with E-state index in [1.807, 2.05) is 13.8 Å². The number of nitrogens with zero attached hydrogens (tertiary/aromatic N) is 2. The Morgan fingerprint density at radius 3 is 1.73 bits per heavy atom. The summed E-state index contributed by atoms with van der Waals surface area (Å²) in [6, 6.07) is 4.27. The fourth-order valence-corrected chi connectivity index (χ4v) is 2.47. The first kappa shape index (κ1) is 27.9. The Morgan fingerprint density at radius 2 is 1.27 bits per heavy atom. The standard InChI is InChI=1S/C23H36N2O8/c1-5-7-13-32-22(28)24(3)11-15-30-19-10-9-18(21(26)27)17-20(19)31-16-12-25(4)23(29)33-14-8-6-2/h9-10,17H,5-8,11-16H2,1-4H3,(H,26,27). The molecule has 0 radical (unpaired) electrons. The number of carbonyl (C=O) groups is 3. The van der Waals surface area contributed by atoms with E-state index in [1.54, 1.807) is 14.1 Å². The second-order valence-corrected chi connectivity index (χ2v) is 7.44. The zero-order valence-corrected chi connectivity index (χ0v) is 20.0. The fraction of sp³-hybridized carbons (Fsp3) is 0.609. The van der Waals surface area contributed by atoms with E-state index in [-0.39, 0.29) is 37.6 Å². The summed E-state index contributed by atoms with van der Waals surface area (Å²) >= 11 is 0. The van der Waals surface area contributed by atoms with E-state index in [0.29, 0.717) is 19.0 Å². The predicted octanol–water partition coefficient (Wildman–Crippen LogP) is 3.88. The third-order valence-corrected chi connectivity index (χ3v) is 4.63. The van der Waals surface area contributed by atoms with Gasteiger partial charge in [0.1, 0.15) is 13.2 Å². The Morgan fingerprint density at radius 1 is 0.788 bits per heavy atom. The summed E-state index contributed by atoms with van der Waals surface area (Å²) in [4.78, 5) is 37.9. The van der Waals surface area contributed by atoms with Crippen molar-refractivity contribution in [2.24, 2.45) is 0 Å². The molecule has 1 N–H and O–H groups in total. The van der Waals surface area contributed by atoms with Crippen LogP contribution in [0.3, 0.4) is 0 Å². The Bertz CT molecular complexity index is 756. The highest BCUT2D eigenvalue weighted by Gasteiger charge is 2.15. The quantitative estimate of drug-likeness (QED) is 0.386. The van der Waals surface area contributed by atoms with Crippen LogP contribution in [0, 0.1) is 0 Å². The van der Waals surface area contributed by atoms with Crippen LogP contribution in [-0.2, 0) is 9.47 Å². The maximum Gasteiger partial charge on any atom is 0.409 e. The number of carboxylic acids is 1. The van der Waals surface area contributed by atoms with Crippen molar-refractivity contribution in [1.82, 2.24) is 9.80 Å². The first-order chi connectivity index (χ1) is 15.8. The van der Waals surface area contributed by atoms with Gasteiger partial charge in [0.05, 0.1) is 31.9 Å². The summed E-state index contributed by atoms with van der Waals surface area (Å²) in [5, 5.41) is 9.26. The number of likely N-dealkylation sites (N-methyl/N-ethyl adjacent to an activating group) is 2. The van der Waals surface area contributed by atoms with Gasteiger partial charge in [-0.05, 0) is 31.0 Å². The van der Waals surface area contributed by atoms with E-state index in [2.05, 4.69) is 0 Å². The number of hydrogen-bond acceptors (Lipinski definition) is 7. The number of carbonyl (C=O) groups excluding carboxylic acids is 2. The first-order valence-corrected chi connectivity index (χ1v) is 11.2. The summed E-state index contributed by atoms with van der Waals surface area (Å²) in [6.07, 6.45) is 2.59. The Labute approximate surface area is 195 Å². The van der Waals surface area contributed by atoms with E-state index in [4.69, 9.17) is 18.9 Å². The van der Waals surface area contributed by atoms with Gasteiger partial charge in [-0.1, -0.05) is 26.7 Å². The van der Waals surface area contributed by atoms with Gasteiger partial charge >= 0.3 is 18.2 Å². The van der Waals surface area contributed by atoms with Crippen molar-refractivity contribution in [3.63, 3.8) is 0 Å². The number of unbranched alkanes of at least 4 members (excludes halogenated alkanes) is 2. The third kappa shape index (κ3) is 10.8. The van der Waals surface area contributed by atoms with Crippen LogP contribution in [0.25, 0.3) is 0 Å². The fourth-order valence-electron chi connectivity index (χ4n) is 2.47. The van der Waals surface area contributed by atoms with Crippen LogP contribution in [0.2, 0.25) is 0 Å². The van der Waals surface area contributed by atoms with E-state index in [9.17, 15) is 19.5 Å². The number of aromatic carboxylic acids is 1. The molecule has 2 amide bonds. The summed E-state index contributed by atoms with van der Waals surface area (Å²) in [5.74, 6) is -0.533. The van der Waals surface area contributed by atoms with Gasteiger partial charge in [-0.15, -0.1) is 0 Å². The van der Waals surface area contributed by atoms with Gasteiger partial charge in [0.2, 0.25) is 0 Å². The second kappa shape index (κ2) is 15.6. The first-order valence-electron chi connectivity index (χ1n) is 11.2. The highest BCUT2D eigenvalue weighted by molar-refractivity contribution is 5.88. The van der Waals surface area contributed by atoms with Crippen molar-refractivity contribution in [3.8, 4) is 11.5 Å². The van der Waals surface area contributed by atoms with Gasteiger partial charge in [-0.2, -0.15) is 0 Å². The predicted molar refractivity (Wildman–Crippen MR) is 122 cm³/mol. The lowest BCUT2D eigenvalue weighted by atomic mass is 10.2. The number of ether oxygens (including phenoxy) is 4. The monoisotopic (exact) mass is 468 g/mol. The van der Waals surface area contributed by atoms with Gasteiger partial charge < -0.3 is 33.9 Å². The van der Waals surface area contributed by atoms with Gasteiger partial charge in [-0.3, -0.25) is 0 Å². The molecule has 10 heteroatoms. The average Bonchev–Trinajstić information content (AvgIpc) is 2.79. The van der Waals surface area contributed by atoms with Crippen LogP contribution in [0.15, 0.2) is 18.2 Å². The number of benzene rings is 1. The van der Waals surface area contributed by atoms with E-state index in [0.717, 1.165) is 25.7 Å². The van der Waals surface area contributed by atoms with Crippen LogP contribution in [-0.4, -0.2) is 86.7 Å². The van der Waals surface area contributed by atoms with Gasteiger partial charge in [0.15, 0.2) is 11.5 Å². The molecule has 10 nitrogen and oxygen atoms in total. The molecule has 0 aliphatic rings. The van der Waals surface area contributed by atoms with Crippen LogP contribution in [0.1, 0.15) is 49.9 Å². The Hall–Kier alpha value is -3.17. The zero-order chi connectivity index (χ0) is 24.6. The molecular formula is C23H36N2O8. The topological polar surface area (TPSA) is 115 Å². The number of hydrogen-bond donors (Lipinski definition) is 1. The van der Waals surface area contributed by atoms with Crippen molar-refractivity contribution in [3.05, 3.63) is 23.8 Å². The van der Waals surface area contributed by atoms with Crippen molar-refractivity contribution in [2.45, 2.75) is 39.5 Å². The van der Waals surface area contributed by atoms with Crippen LogP contribution in [0.4, 0.5) is 9.59 Å². The molecule has 33 heavy (non-hydrogen) atoms. The molecule has 0 spiro atoms. The lowest BCUT2D eigenvalue weighted by Gasteiger charge is -2.19. The highest BCUT2D eigenvalue weighted by atomic mass is 16.6. The minimum Gasteiger partial charge on any atom is -0.488 e. The van der Waals surface area contributed by atoms with Gasteiger partial charge in [0, 0.05) is 14.1 Å². The molecule has 0 aliphatic carbocycles. The molecular weight excluding hydrogens is 432 g/mol. The maximum atomic E-state index is 11.9. The lowest BCUT2D eigenvalue weighted by Crippen LogP contribution is -2.32. The summed E-state index contributed by atoms with van der Waals surface area (Å²) in [7, 11) is 3.20. The summed E-state index contributed by atoms with van der Waals surface area (Å²) in [5.41, 5.74) is 0.0429. The second-order valence-electron chi connectivity index (χ2n) is 7.44. The molecule has 0 atom stereocenters. The average molecular weight is 469 g/mol. The molecule has 1 aromatic rings. The smallest absolute Gasteiger partial charge is 0.409 e. The Kier molecular flexibility index (Phi) is 13.2. The molecule has 0 aliphatic heterocycles. The number of carboxylic acid groups (broad SMARTS) is 1. The number of rotatable bonds is 15. The van der Waals surface area contributed by atoms with Crippen LogP contribution >= 0.6 is 0 Å². The van der Waals surface area contributed by atoms with Crippen molar-refractivity contribution in [2.75, 3.05) is 53.6 Å². The molecule has 0 saturated carbocycles. The zero-order valence-electron chi connectivity index (χ0n) is 20.0. The van der Waals surface area contributed by atoms with Crippen LogP contribution < -0.4 is 9.47 Å². The molecule has 0 saturated heterocycles. The molecule has 0 bridgehead atoms. The minimum atomic E-state index is -1.10. The summed E-state index contributed by atoms with van der Waals surface area (Å²) in [6.45, 7) is 5.54. The van der Waals surface area contributed by atoms with E-state index < -0.39 is 18.2 Å². The van der Waals surface area contributed by atoms with Gasteiger partial charge in [0.25, 0.3) is 0 Å². The number of amides is 2. The highest BCUT2D eigenvalue weighted by Crippen LogP contribution is 2.28. The van der Waals surface area contributed by atoms with Crippen molar-refractivity contribution < 1.29 is 38.4 Å². The summed E-state index contributed by atoms with van der Waals surface area (Å²) < 4.78 is 21.7. The van der Waals surface area contributed by atoms with Crippen molar-refractivity contribution in [1.29, 1.82) is 0 Å². The normalized spacial score (nSPS) is 10.3. The molecule has 1 rings (SSSR count). The Balaban J connectivity index is 2.62. The molecule has 0 aromatic heterocycles. The molecule has 0 unspecified atom stereocenters. The largest absolute Gasteiger partial charge is 0.488 e. The van der Waals surface area contributed by atoms with Crippen LogP contribution in [0.5, 0.6) is 11.5 Å². The lowest BCUT2D eigenvalue weighted by molar-refractivity contribution is 0.0696. The molecule has 1 aromatic carbocycles.